The largest absolute Gasteiger partial charge is 0.325 e. The van der Waals surface area contributed by atoms with Gasteiger partial charge in [-0.2, -0.15) is 4.31 Å². The lowest BCUT2D eigenvalue weighted by Crippen LogP contribution is -2.49. The molecule has 0 aliphatic carbocycles. The average Bonchev–Trinajstić information content (AvgIpc) is 2.70. The molecule has 1 fully saturated rings. The Hall–Kier alpha value is -2.92. The molecular weight excluding hydrogens is 408 g/mol. The molecule has 1 amide bonds. The SMILES string of the molecule is O=C(Nc1ccc(F)c(F)c1)C1CCCCN1S(=O)(=O)c1ccc([N+](=O)[O-])cc1. The highest BCUT2D eigenvalue weighted by Gasteiger charge is 2.37. The van der Waals surface area contributed by atoms with Crippen molar-refractivity contribution >= 4 is 27.3 Å². The van der Waals surface area contributed by atoms with Gasteiger partial charge in [0.15, 0.2) is 11.6 Å². The molecule has 29 heavy (non-hydrogen) atoms. The highest BCUT2D eigenvalue weighted by atomic mass is 32.2. The van der Waals surface area contributed by atoms with Crippen LogP contribution >= 0.6 is 0 Å². The van der Waals surface area contributed by atoms with Crippen molar-refractivity contribution in [1.29, 1.82) is 0 Å². The van der Waals surface area contributed by atoms with E-state index in [1.165, 1.54) is 6.07 Å². The number of nitrogens with zero attached hydrogens (tertiary/aromatic N) is 2. The number of hydrogen-bond donors (Lipinski definition) is 1. The number of benzene rings is 2. The van der Waals surface area contributed by atoms with E-state index in [2.05, 4.69) is 5.32 Å². The fourth-order valence-corrected chi connectivity index (χ4v) is 4.79. The Bertz CT molecular complexity index is 1040. The van der Waals surface area contributed by atoms with Crippen molar-refractivity contribution in [2.24, 2.45) is 0 Å². The summed E-state index contributed by atoms with van der Waals surface area (Å²) in [6.45, 7) is 0.0924. The first-order valence-electron chi connectivity index (χ1n) is 8.72. The second-order valence-electron chi connectivity index (χ2n) is 6.50. The van der Waals surface area contributed by atoms with Gasteiger partial charge in [-0.1, -0.05) is 6.42 Å². The molecule has 0 bridgehead atoms. The molecule has 0 spiro atoms. The van der Waals surface area contributed by atoms with E-state index >= 15 is 0 Å². The number of carbonyl (C=O) groups excluding carboxylic acids is 1. The Morgan fingerprint density at radius 2 is 1.79 bits per heavy atom. The molecule has 1 aliphatic rings. The highest BCUT2D eigenvalue weighted by Crippen LogP contribution is 2.27. The van der Waals surface area contributed by atoms with Gasteiger partial charge in [0.1, 0.15) is 6.04 Å². The van der Waals surface area contributed by atoms with E-state index in [0.29, 0.717) is 12.8 Å². The van der Waals surface area contributed by atoms with E-state index in [4.69, 9.17) is 0 Å². The van der Waals surface area contributed by atoms with Gasteiger partial charge >= 0.3 is 0 Å². The van der Waals surface area contributed by atoms with Crippen molar-refractivity contribution in [3.05, 3.63) is 64.2 Å². The van der Waals surface area contributed by atoms with Gasteiger partial charge in [0.2, 0.25) is 15.9 Å². The molecular formula is C18H17F2N3O5S. The van der Waals surface area contributed by atoms with Gasteiger partial charge in [0.05, 0.1) is 9.82 Å². The smallest absolute Gasteiger partial charge is 0.269 e. The minimum absolute atomic E-state index is 0.00663. The van der Waals surface area contributed by atoms with Crippen LogP contribution in [-0.4, -0.2) is 36.1 Å². The maximum absolute atomic E-state index is 13.4. The number of hydrogen-bond acceptors (Lipinski definition) is 5. The number of nitro benzene ring substituents is 1. The molecule has 3 rings (SSSR count). The van der Waals surface area contributed by atoms with Gasteiger partial charge in [-0.05, 0) is 37.1 Å². The predicted octanol–water partition coefficient (Wildman–Crippen LogP) is 3.05. The molecule has 8 nitrogen and oxygen atoms in total. The van der Waals surface area contributed by atoms with Gasteiger partial charge in [-0.3, -0.25) is 14.9 Å². The summed E-state index contributed by atoms with van der Waals surface area (Å²) in [5.74, 6) is -2.87. The van der Waals surface area contributed by atoms with E-state index < -0.39 is 38.5 Å². The lowest BCUT2D eigenvalue weighted by molar-refractivity contribution is -0.384. The van der Waals surface area contributed by atoms with Crippen LogP contribution in [0.3, 0.4) is 0 Å². The van der Waals surface area contributed by atoms with Crippen LogP contribution in [0.25, 0.3) is 0 Å². The predicted molar refractivity (Wildman–Crippen MR) is 99.6 cm³/mol. The zero-order valence-electron chi connectivity index (χ0n) is 15.0. The minimum Gasteiger partial charge on any atom is -0.325 e. The van der Waals surface area contributed by atoms with Crippen LogP contribution in [0, 0.1) is 21.7 Å². The second kappa shape index (κ2) is 8.21. The number of rotatable bonds is 5. The van der Waals surface area contributed by atoms with Crippen LogP contribution in [0.1, 0.15) is 19.3 Å². The molecule has 1 atom stereocenters. The Morgan fingerprint density at radius 3 is 2.41 bits per heavy atom. The van der Waals surface area contributed by atoms with Gasteiger partial charge in [-0.15, -0.1) is 0 Å². The number of non-ortho nitro benzene ring substituents is 1. The van der Waals surface area contributed by atoms with Crippen LogP contribution in [0.2, 0.25) is 0 Å². The number of piperidine rings is 1. The van der Waals surface area contributed by atoms with E-state index in [0.717, 1.165) is 40.7 Å². The fraction of sp³-hybridized carbons (Fsp3) is 0.278. The highest BCUT2D eigenvalue weighted by molar-refractivity contribution is 7.89. The van der Waals surface area contributed by atoms with Crippen LogP contribution < -0.4 is 5.32 Å². The van der Waals surface area contributed by atoms with Crippen LogP contribution in [0.4, 0.5) is 20.2 Å². The molecule has 154 valence electrons. The zero-order chi connectivity index (χ0) is 21.2. The number of halogens is 2. The van der Waals surface area contributed by atoms with Crippen molar-refractivity contribution in [3.8, 4) is 0 Å². The monoisotopic (exact) mass is 425 g/mol. The third kappa shape index (κ3) is 4.40. The number of anilines is 1. The normalized spacial score (nSPS) is 17.7. The molecule has 1 N–H and O–H groups in total. The third-order valence-corrected chi connectivity index (χ3v) is 6.52. The van der Waals surface area contributed by atoms with E-state index in [-0.39, 0.29) is 29.2 Å². The summed E-state index contributed by atoms with van der Waals surface area (Å²) in [5, 5.41) is 13.2. The molecule has 0 radical (unpaired) electrons. The quantitative estimate of drug-likeness (QED) is 0.585. The summed E-state index contributed by atoms with van der Waals surface area (Å²) in [5.41, 5.74) is -0.248. The molecule has 2 aromatic rings. The van der Waals surface area contributed by atoms with Gasteiger partial charge in [0, 0.05) is 30.4 Å². The zero-order valence-corrected chi connectivity index (χ0v) is 15.9. The first-order valence-corrected chi connectivity index (χ1v) is 10.2. The second-order valence-corrected chi connectivity index (χ2v) is 8.39. The number of nitrogens with one attached hydrogen (secondary N) is 1. The summed E-state index contributed by atoms with van der Waals surface area (Å²) in [6, 6.07) is 6.19. The minimum atomic E-state index is -4.09. The van der Waals surface area contributed by atoms with Crippen molar-refractivity contribution in [1.82, 2.24) is 4.31 Å². The molecule has 1 aliphatic heterocycles. The van der Waals surface area contributed by atoms with Crippen LogP contribution in [0.5, 0.6) is 0 Å². The van der Waals surface area contributed by atoms with E-state index in [1.807, 2.05) is 0 Å². The summed E-state index contributed by atoms with van der Waals surface area (Å²) in [4.78, 5) is 22.6. The third-order valence-electron chi connectivity index (χ3n) is 4.60. The molecule has 1 heterocycles. The van der Waals surface area contributed by atoms with Crippen molar-refractivity contribution in [2.45, 2.75) is 30.2 Å². The molecule has 2 aromatic carbocycles. The molecule has 11 heteroatoms. The number of amides is 1. The Kier molecular flexibility index (Phi) is 5.89. The molecule has 0 aromatic heterocycles. The molecule has 0 saturated carbocycles. The number of sulfonamides is 1. The Labute approximate surface area is 165 Å². The number of nitro groups is 1. The average molecular weight is 425 g/mol. The Morgan fingerprint density at radius 1 is 1.10 bits per heavy atom. The lowest BCUT2D eigenvalue weighted by atomic mass is 10.0. The number of carbonyl (C=O) groups is 1. The van der Waals surface area contributed by atoms with E-state index in [1.54, 1.807) is 0 Å². The Balaban J connectivity index is 1.85. The van der Waals surface area contributed by atoms with E-state index in [9.17, 15) is 32.1 Å². The maximum atomic E-state index is 13.4. The summed E-state index contributed by atoms with van der Waals surface area (Å²) in [6.07, 6.45) is 1.41. The maximum Gasteiger partial charge on any atom is 0.269 e. The van der Waals surface area contributed by atoms with Crippen molar-refractivity contribution in [2.75, 3.05) is 11.9 Å². The van der Waals surface area contributed by atoms with Crippen LogP contribution in [-0.2, 0) is 14.8 Å². The molecule has 1 saturated heterocycles. The van der Waals surface area contributed by atoms with Gasteiger partial charge in [0.25, 0.3) is 5.69 Å². The van der Waals surface area contributed by atoms with Gasteiger partial charge < -0.3 is 5.32 Å². The lowest BCUT2D eigenvalue weighted by Gasteiger charge is -2.33. The summed E-state index contributed by atoms with van der Waals surface area (Å²) >= 11 is 0. The fourth-order valence-electron chi connectivity index (χ4n) is 3.13. The molecule has 1 unspecified atom stereocenters. The van der Waals surface area contributed by atoms with Crippen molar-refractivity contribution < 1.29 is 26.9 Å². The topological polar surface area (TPSA) is 110 Å². The van der Waals surface area contributed by atoms with Gasteiger partial charge in [-0.25, -0.2) is 17.2 Å². The summed E-state index contributed by atoms with van der Waals surface area (Å²) < 4.78 is 53.5. The first-order chi connectivity index (χ1) is 13.7. The standard InChI is InChI=1S/C18H17F2N3O5S/c19-15-9-4-12(11-16(15)20)21-18(24)17-3-1-2-10-22(17)29(27,28)14-7-5-13(6-8-14)23(25)26/h4-9,11,17H,1-3,10H2,(H,21,24). The van der Waals surface area contributed by atoms with Crippen LogP contribution in [0.15, 0.2) is 47.4 Å². The summed E-state index contributed by atoms with van der Waals surface area (Å²) in [7, 11) is -4.09. The van der Waals surface area contributed by atoms with Crippen molar-refractivity contribution in [3.63, 3.8) is 0 Å². The first kappa shape index (κ1) is 20.8.